The molecule has 0 amide bonds. The van der Waals surface area contributed by atoms with Crippen LogP contribution in [-0.2, 0) is 0 Å². The average Bonchev–Trinajstić information content (AvgIpc) is 1.85. The molecule has 0 fully saturated rings. The minimum absolute atomic E-state index is 0.492. The number of hydrogen-bond donors (Lipinski definition) is 1. The first-order valence-corrected chi connectivity index (χ1v) is 3.48. The van der Waals surface area contributed by atoms with Gasteiger partial charge in [-0.25, -0.2) is 0 Å². The maximum atomic E-state index is 9.00. The van der Waals surface area contributed by atoms with Crippen LogP contribution in [0.15, 0.2) is 11.8 Å². The van der Waals surface area contributed by atoms with Crippen LogP contribution in [-0.4, -0.2) is 5.11 Å². The van der Waals surface area contributed by atoms with Crippen molar-refractivity contribution >= 4 is 0 Å². The lowest BCUT2D eigenvalue weighted by Gasteiger charge is -1.93. The number of unbranched alkanes of at least 4 members (excludes halogenated alkanes) is 1. The van der Waals surface area contributed by atoms with E-state index in [9.17, 15) is 0 Å². The smallest absolute Gasteiger partial charge is 0.0882 e. The quantitative estimate of drug-likeness (QED) is 0.576. The fourth-order valence-corrected chi connectivity index (χ4v) is 0.594. The molecule has 0 bridgehead atoms. The monoisotopic (exact) mass is 127 g/mol. The molecular formula is C8H15O. The first-order chi connectivity index (χ1) is 4.31. The standard InChI is InChI=1S/C8H15O/c1-3-5-7-8(9)6-4-2/h7,9H,2-6H2,1H3. The molecule has 1 heteroatoms. The number of hydrogen-bond acceptors (Lipinski definition) is 1. The van der Waals surface area contributed by atoms with Crippen molar-refractivity contribution < 1.29 is 5.11 Å². The molecule has 0 rings (SSSR count). The highest BCUT2D eigenvalue weighted by atomic mass is 16.3. The number of aliphatic hydroxyl groups is 1. The molecule has 9 heavy (non-hydrogen) atoms. The van der Waals surface area contributed by atoms with Gasteiger partial charge in [-0.15, -0.1) is 0 Å². The highest BCUT2D eigenvalue weighted by molar-refractivity contribution is 4.90. The normalized spacial score (nSPS) is 12.0. The minimum atomic E-state index is 0.492. The predicted molar refractivity (Wildman–Crippen MR) is 40.2 cm³/mol. The first-order valence-electron chi connectivity index (χ1n) is 3.48. The van der Waals surface area contributed by atoms with E-state index in [1.807, 2.05) is 6.08 Å². The Balaban J connectivity index is 3.30. The van der Waals surface area contributed by atoms with Gasteiger partial charge in [-0.2, -0.15) is 0 Å². The summed E-state index contributed by atoms with van der Waals surface area (Å²) in [5, 5.41) is 9.00. The van der Waals surface area contributed by atoms with Crippen molar-refractivity contribution in [2.45, 2.75) is 32.6 Å². The van der Waals surface area contributed by atoms with Gasteiger partial charge >= 0.3 is 0 Å². The Labute approximate surface area is 57.4 Å². The van der Waals surface area contributed by atoms with Crippen LogP contribution < -0.4 is 0 Å². The summed E-state index contributed by atoms with van der Waals surface area (Å²) < 4.78 is 0. The van der Waals surface area contributed by atoms with Gasteiger partial charge in [-0.1, -0.05) is 20.3 Å². The van der Waals surface area contributed by atoms with Gasteiger partial charge in [-0.05, 0) is 18.9 Å². The fraction of sp³-hybridized carbons (Fsp3) is 0.625. The second-order valence-electron chi connectivity index (χ2n) is 2.09. The molecule has 0 aromatic rings. The predicted octanol–water partition coefficient (Wildman–Crippen LogP) is 2.84. The average molecular weight is 127 g/mol. The molecule has 0 aliphatic carbocycles. The van der Waals surface area contributed by atoms with Crippen LogP contribution in [0.25, 0.3) is 0 Å². The van der Waals surface area contributed by atoms with Crippen molar-refractivity contribution in [2.24, 2.45) is 0 Å². The topological polar surface area (TPSA) is 20.2 Å². The Morgan fingerprint density at radius 3 is 2.78 bits per heavy atom. The summed E-state index contributed by atoms with van der Waals surface area (Å²) in [5.74, 6) is 0.492. The van der Waals surface area contributed by atoms with Crippen LogP contribution in [0.4, 0.5) is 0 Å². The first kappa shape index (κ1) is 8.54. The van der Waals surface area contributed by atoms with Crippen molar-refractivity contribution in [3.05, 3.63) is 18.8 Å². The number of rotatable bonds is 4. The molecule has 0 unspecified atom stereocenters. The van der Waals surface area contributed by atoms with E-state index < -0.39 is 0 Å². The lowest BCUT2D eigenvalue weighted by atomic mass is 10.2. The van der Waals surface area contributed by atoms with Gasteiger partial charge in [0, 0.05) is 6.42 Å². The van der Waals surface area contributed by atoms with Crippen LogP contribution in [0.3, 0.4) is 0 Å². The summed E-state index contributed by atoms with van der Waals surface area (Å²) in [7, 11) is 0. The van der Waals surface area contributed by atoms with Crippen molar-refractivity contribution in [2.75, 3.05) is 0 Å². The molecule has 0 heterocycles. The molecule has 1 nitrogen and oxygen atoms in total. The van der Waals surface area contributed by atoms with Crippen LogP contribution >= 0.6 is 0 Å². The maximum absolute atomic E-state index is 9.00. The largest absolute Gasteiger partial charge is 0.513 e. The summed E-state index contributed by atoms with van der Waals surface area (Å²) >= 11 is 0. The summed E-state index contributed by atoms with van der Waals surface area (Å²) in [5.41, 5.74) is 0. The highest BCUT2D eigenvalue weighted by Gasteiger charge is 1.87. The van der Waals surface area contributed by atoms with Crippen molar-refractivity contribution in [3.63, 3.8) is 0 Å². The number of allylic oxidation sites excluding steroid dienone is 2. The van der Waals surface area contributed by atoms with E-state index in [0.29, 0.717) is 5.76 Å². The van der Waals surface area contributed by atoms with E-state index in [2.05, 4.69) is 13.8 Å². The van der Waals surface area contributed by atoms with Gasteiger partial charge in [0.25, 0.3) is 0 Å². The lowest BCUT2D eigenvalue weighted by Crippen LogP contribution is -1.78. The van der Waals surface area contributed by atoms with Gasteiger partial charge < -0.3 is 5.11 Å². The molecule has 0 aliphatic rings. The molecule has 0 saturated heterocycles. The highest BCUT2D eigenvalue weighted by Crippen LogP contribution is 2.01. The van der Waals surface area contributed by atoms with E-state index in [4.69, 9.17) is 5.11 Å². The Morgan fingerprint density at radius 2 is 2.33 bits per heavy atom. The second-order valence-corrected chi connectivity index (χ2v) is 2.09. The van der Waals surface area contributed by atoms with E-state index in [-0.39, 0.29) is 0 Å². The molecule has 0 spiro atoms. The van der Waals surface area contributed by atoms with Crippen molar-refractivity contribution in [1.29, 1.82) is 0 Å². The van der Waals surface area contributed by atoms with Crippen LogP contribution in [0.5, 0.6) is 0 Å². The lowest BCUT2D eigenvalue weighted by molar-refractivity contribution is 0.386. The van der Waals surface area contributed by atoms with E-state index in [1.54, 1.807) is 0 Å². The van der Waals surface area contributed by atoms with Crippen LogP contribution in [0.1, 0.15) is 32.6 Å². The Hall–Kier alpha value is -0.460. The summed E-state index contributed by atoms with van der Waals surface area (Å²) in [6.07, 6.45) is 5.45. The summed E-state index contributed by atoms with van der Waals surface area (Å²) in [4.78, 5) is 0. The fourth-order valence-electron chi connectivity index (χ4n) is 0.594. The summed E-state index contributed by atoms with van der Waals surface area (Å²) in [6, 6.07) is 0. The molecule has 0 aromatic carbocycles. The third-order valence-electron chi connectivity index (χ3n) is 1.10. The Bertz CT molecular complexity index is 84.6. The molecule has 0 atom stereocenters. The van der Waals surface area contributed by atoms with Crippen LogP contribution in [0, 0.1) is 6.92 Å². The number of aliphatic hydroxyl groups excluding tert-OH is 1. The van der Waals surface area contributed by atoms with Crippen molar-refractivity contribution in [3.8, 4) is 0 Å². The molecule has 0 saturated carbocycles. The molecule has 1 N–H and O–H groups in total. The Morgan fingerprint density at radius 1 is 1.67 bits per heavy atom. The molecule has 0 aromatic heterocycles. The van der Waals surface area contributed by atoms with Crippen LogP contribution in [0.2, 0.25) is 0 Å². The SMILES string of the molecule is [CH2]CCC(O)=CCCC. The zero-order chi connectivity index (χ0) is 7.11. The zero-order valence-electron chi connectivity index (χ0n) is 6.06. The minimum Gasteiger partial charge on any atom is -0.513 e. The Kier molecular flexibility index (Phi) is 5.38. The van der Waals surface area contributed by atoms with Gasteiger partial charge in [-0.3, -0.25) is 0 Å². The molecular weight excluding hydrogens is 112 g/mol. The van der Waals surface area contributed by atoms with E-state index in [0.717, 1.165) is 25.7 Å². The van der Waals surface area contributed by atoms with Gasteiger partial charge in [0.05, 0.1) is 5.76 Å². The van der Waals surface area contributed by atoms with E-state index >= 15 is 0 Å². The van der Waals surface area contributed by atoms with Gasteiger partial charge in [0.2, 0.25) is 0 Å². The molecule has 53 valence electrons. The maximum Gasteiger partial charge on any atom is 0.0882 e. The van der Waals surface area contributed by atoms with Gasteiger partial charge in [0.1, 0.15) is 0 Å². The van der Waals surface area contributed by atoms with Crippen molar-refractivity contribution in [1.82, 2.24) is 0 Å². The van der Waals surface area contributed by atoms with Gasteiger partial charge in [0.15, 0.2) is 0 Å². The molecule has 0 aliphatic heterocycles. The zero-order valence-corrected chi connectivity index (χ0v) is 6.06. The third kappa shape index (κ3) is 5.41. The summed E-state index contributed by atoms with van der Waals surface area (Å²) in [6.45, 7) is 5.72. The molecule has 1 radical (unpaired) electrons. The third-order valence-corrected chi connectivity index (χ3v) is 1.10. The second kappa shape index (κ2) is 5.67. The van der Waals surface area contributed by atoms with E-state index in [1.165, 1.54) is 0 Å².